The summed E-state index contributed by atoms with van der Waals surface area (Å²) in [5.41, 5.74) is 1.44. The molecule has 3 heteroatoms. The fraction of sp³-hybridized carbons (Fsp3) is 0.860. The van der Waals surface area contributed by atoms with E-state index < -0.39 is 0 Å². The summed E-state index contributed by atoms with van der Waals surface area (Å²) >= 11 is 6.50. The zero-order valence-electron chi connectivity index (χ0n) is 36.4. The molecule has 1 rings (SSSR count). The average Bonchev–Trinajstić information content (AvgIpc) is 3.17. The summed E-state index contributed by atoms with van der Waals surface area (Å²) < 4.78 is 0. The van der Waals surface area contributed by atoms with Crippen molar-refractivity contribution in [3.63, 3.8) is 0 Å². The highest BCUT2D eigenvalue weighted by Crippen LogP contribution is 2.41. The van der Waals surface area contributed by atoms with Gasteiger partial charge in [0, 0.05) is 14.7 Å². The van der Waals surface area contributed by atoms with Gasteiger partial charge in [0.2, 0.25) is 0 Å². The lowest BCUT2D eigenvalue weighted by atomic mass is 10.1. The van der Waals surface area contributed by atoms with Gasteiger partial charge in [0.25, 0.3) is 0 Å². The Morgan fingerprint density at radius 3 is 0.792 bits per heavy atom. The van der Waals surface area contributed by atoms with Crippen LogP contribution in [0.5, 0.6) is 0 Å². The molecule has 311 valence electrons. The number of rotatable bonds is 43. The molecule has 0 saturated heterocycles. The number of hydrogen-bond acceptors (Lipinski definition) is 3. The molecule has 0 aromatic heterocycles. The number of benzene rings is 1. The van der Waals surface area contributed by atoms with Gasteiger partial charge in [-0.25, -0.2) is 0 Å². The predicted octanol–water partition coefficient (Wildman–Crippen LogP) is 19.4. The van der Waals surface area contributed by atoms with Crippen LogP contribution in [0.3, 0.4) is 0 Å². The molecule has 0 aliphatic heterocycles. The van der Waals surface area contributed by atoms with Crippen LogP contribution in [-0.4, -0.2) is 17.3 Å². The van der Waals surface area contributed by atoms with Crippen LogP contribution in [0.4, 0.5) is 0 Å². The van der Waals surface area contributed by atoms with Gasteiger partial charge in [-0.15, -0.1) is 35.3 Å². The number of thioether (sulfide) groups is 3. The molecule has 1 aromatic carbocycles. The topological polar surface area (TPSA) is 0 Å². The largest absolute Gasteiger partial charge is 0.125 e. The Bertz CT molecular complexity index is 815. The summed E-state index contributed by atoms with van der Waals surface area (Å²) in [4.78, 5) is 4.74. The smallest absolute Gasteiger partial charge is 0.0344 e. The van der Waals surface area contributed by atoms with Crippen molar-refractivity contribution in [3.8, 4) is 0 Å². The van der Waals surface area contributed by atoms with Gasteiger partial charge in [-0.3, -0.25) is 0 Å². The molecule has 0 heterocycles. The fourth-order valence-electron chi connectivity index (χ4n) is 7.50. The molecule has 53 heavy (non-hydrogen) atoms. The lowest BCUT2D eigenvalue weighted by Crippen LogP contribution is -1.94. The zero-order chi connectivity index (χ0) is 38.1. The van der Waals surface area contributed by atoms with Crippen molar-refractivity contribution in [2.75, 3.05) is 17.3 Å². The second-order valence-corrected chi connectivity index (χ2v) is 19.8. The van der Waals surface area contributed by atoms with Crippen LogP contribution in [0.15, 0.2) is 26.8 Å². The van der Waals surface area contributed by atoms with E-state index in [1.54, 1.807) is 14.7 Å². The third kappa shape index (κ3) is 33.0. The van der Waals surface area contributed by atoms with Crippen molar-refractivity contribution in [1.29, 1.82) is 0 Å². The molecule has 0 aliphatic rings. The van der Waals surface area contributed by atoms with E-state index in [1.807, 2.05) is 0 Å². The van der Waals surface area contributed by atoms with Crippen LogP contribution < -0.4 is 0 Å². The van der Waals surface area contributed by atoms with Crippen molar-refractivity contribution in [2.24, 2.45) is 0 Å². The maximum atomic E-state index is 4.32. The van der Waals surface area contributed by atoms with Gasteiger partial charge in [0.05, 0.1) is 0 Å². The summed E-state index contributed by atoms with van der Waals surface area (Å²) in [6, 6.07) is 5.02. The second-order valence-electron chi connectivity index (χ2n) is 16.4. The number of hydrogen-bond donors (Lipinski definition) is 0. The predicted molar refractivity (Wildman–Crippen MR) is 251 cm³/mol. The highest BCUT2D eigenvalue weighted by molar-refractivity contribution is 8.03. The molecule has 1 radical (unpaired) electrons. The van der Waals surface area contributed by atoms with Gasteiger partial charge in [0.1, 0.15) is 0 Å². The van der Waals surface area contributed by atoms with Gasteiger partial charge < -0.3 is 0 Å². The summed E-state index contributed by atoms with van der Waals surface area (Å²) in [6.45, 7) is 11.3. The monoisotopic (exact) mass is 790 g/mol. The zero-order valence-corrected chi connectivity index (χ0v) is 38.8. The van der Waals surface area contributed by atoms with Gasteiger partial charge in [0.15, 0.2) is 0 Å². The van der Waals surface area contributed by atoms with E-state index in [0.29, 0.717) is 0 Å². The first kappa shape index (κ1) is 51.3. The summed E-state index contributed by atoms with van der Waals surface area (Å²) in [5, 5.41) is 0. The third-order valence-electron chi connectivity index (χ3n) is 11.1. The van der Waals surface area contributed by atoms with Crippen molar-refractivity contribution in [1.82, 2.24) is 0 Å². The van der Waals surface area contributed by atoms with Crippen molar-refractivity contribution >= 4 is 35.3 Å². The van der Waals surface area contributed by atoms with Crippen molar-refractivity contribution in [3.05, 3.63) is 24.6 Å². The average molecular weight is 790 g/mol. The Labute approximate surface area is 348 Å². The van der Waals surface area contributed by atoms with E-state index in [0.717, 1.165) is 6.42 Å². The van der Waals surface area contributed by atoms with Crippen LogP contribution in [0.1, 0.15) is 257 Å². The van der Waals surface area contributed by atoms with E-state index in [-0.39, 0.29) is 0 Å². The quantitative estimate of drug-likeness (QED) is 0.0478. The maximum Gasteiger partial charge on any atom is 0.0344 e. The Hall–Kier alpha value is 0.270. The summed E-state index contributed by atoms with van der Waals surface area (Å²) in [5.74, 6) is 3.82. The lowest BCUT2D eigenvalue weighted by molar-refractivity contribution is 0.548. The SMILES string of the molecule is [CH2]Cc1cc(SCCCCCCCCCCCCCC)c(SCCCCCCCCCCCCCC)c(SCCCCCCCCCCCCCC)c1. The molecule has 0 saturated carbocycles. The van der Waals surface area contributed by atoms with E-state index >= 15 is 0 Å². The van der Waals surface area contributed by atoms with Gasteiger partial charge in [-0.1, -0.05) is 233 Å². The van der Waals surface area contributed by atoms with Crippen molar-refractivity contribution < 1.29 is 0 Å². The molecule has 0 atom stereocenters. The molecule has 0 nitrogen and oxygen atoms in total. The van der Waals surface area contributed by atoms with E-state index in [4.69, 9.17) is 0 Å². The summed E-state index contributed by atoms with van der Waals surface area (Å²) in [6.07, 6.45) is 52.4. The van der Waals surface area contributed by atoms with Crippen LogP contribution in [0.25, 0.3) is 0 Å². The highest BCUT2D eigenvalue weighted by atomic mass is 32.2. The van der Waals surface area contributed by atoms with Crippen LogP contribution in [-0.2, 0) is 6.42 Å². The lowest BCUT2D eigenvalue weighted by Gasteiger charge is -2.16. The minimum Gasteiger partial charge on any atom is -0.125 e. The minimum absolute atomic E-state index is 0.905. The Kier molecular flexibility index (Phi) is 40.5. The third-order valence-corrected chi connectivity index (χ3v) is 14.9. The van der Waals surface area contributed by atoms with Gasteiger partial charge in [-0.05, 0) is 67.6 Å². The molecule has 0 amide bonds. The van der Waals surface area contributed by atoms with Crippen LogP contribution in [0, 0.1) is 6.92 Å². The Morgan fingerprint density at radius 1 is 0.321 bits per heavy atom. The van der Waals surface area contributed by atoms with Gasteiger partial charge in [-0.2, -0.15) is 0 Å². The first-order valence-electron chi connectivity index (χ1n) is 24.1. The molecule has 1 aromatic rings. The van der Waals surface area contributed by atoms with Gasteiger partial charge >= 0.3 is 0 Å². The van der Waals surface area contributed by atoms with E-state index in [2.05, 4.69) is 75.1 Å². The van der Waals surface area contributed by atoms with Crippen molar-refractivity contribution in [2.45, 2.75) is 273 Å². The van der Waals surface area contributed by atoms with E-state index in [1.165, 1.54) is 254 Å². The normalized spacial score (nSPS) is 11.6. The molecule has 0 fully saturated rings. The fourth-order valence-corrected chi connectivity index (χ4v) is 11.3. The molecular weight excluding hydrogens is 697 g/mol. The molecule has 0 aliphatic carbocycles. The van der Waals surface area contributed by atoms with E-state index in [9.17, 15) is 0 Å². The molecular formula is C50H93S3. The molecule has 0 unspecified atom stereocenters. The maximum absolute atomic E-state index is 4.32. The molecule has 0 bridgehead atoms. The first-order valence-corrected chi connectivity index (χ1v) is 27.1. The second kappa shape index (κ2) is 41.9. The van der Waals surface area contributed by atoms with Crippen LogP contribution >= 0.6 is 35.3 Å². The first-order chi connectivity index (χ1) is 26.3. The summed E-state index contributed by atoms with van der Waals surface area (Å²) in [7, 11) is 0. The Morgan fingerprint density at radius 2 is 0.547 bits per heavy atom. The Balaban J connectivity index is 2.48. The van der Waals surface area contributed by atoms with Crippen LogP contribution in [0.2, 0.25) is 0 Å². The molecule has 0 spiro atoms. The number of unbranched alkanes of at least 4 members (excludes halogenated alkanes) is 33. The molecule has 0 N–H and O–H groups in total. The minimum atomic E-state index is 0.905. The highest BCUT2D eigenvalue weighted by Gasteiger charge is 2.13. The standard InChI is InChI=1S/C50H93S3/c1-5-9-12-15-18-21-24-27-30-33-36-39-42-51-48-45-47(8-4)46-49(52-43-40-37-34-31-28-25-22-19-16-13-10-6-2)50(48)53-44-41-38-35-32-29-26-23-20-17-14-11-7-3/h45-46H,4-44H2,1-3H3.